The molecule has 0 fully saturated rings. The summed E-state index contributed by atoms with van der Waals surface area (Å²) in [6, 6.07) is 0. The van der Waals surface area contributed by atoms with Crippen molar-refractivity contribution in [3.05, 3.63) is 0 Å². The van der Waals surface area contributed by atoms with Crippen LogP contribution in [-0.2, 0) is 4.79 Å². The van der Waals surface area contributed by atoms with Gasteiger partial charge in [0.25, 0.3) is 0 Å². The van der Waals surface area contributed by atoms with Crippen LogP contribution in [-0.4, -0.2) is 29.7 Å². The fourth-order valence-electron chi connectivity index (χ4n) is 1.18. The summed E-state index contributed by atoms with van der Waals surface area (Å²) in [4.78, 5) is 11.6. The van der Waals surface area contributed by atoms with Crippen molar-refractivity contribution in [2.45, 2.75) is 39.2 Å². The second kappa shape index (κ2) is 5.98. The number of aliphatic hydroxyl groups excluding tert-OH is 1. The van der Waals surface area contributed by atoms with Crippen LogP contribution in [0.2, 0.25) is 0 Å². The lowest BCUT2D eigenvalue weighted by Crippen LogP contribution is -2.52. The molecule has 0 radical (unpaired) electrons. The van der Waals surface area contributed by atoms with E-state index in [4.69, 9.17) is 5.73 Å². The van der Waals surface area contributed by atoms with Gasteiger partial charge >= 0.3 is 0 Å². The van der Waals surface area contributed by atoms with Crippen LogP contribution in [0.15, 0.2) is 0 Å². The molecule has 4 nitrogen and oxygen atoms in total. The van der Waals surface area contributed by atoms with Gasteiger partial charge in [-0.25, -0.2) is 0 Å². The van der Waals surface area contributed by atoms with Gasteiger partial charge in [0.15, 0.2) is 0 Å². The Bertz CT molecular complexity index is 171. The minimum Gasteiger partial charge on any atom is -0.394 e. The third-order valence-corrected chi connectivity index (χ3v) is 2.85. The minimum absolute atomic E-state index is 0.0248. The molecule has 0 aromatic heterocycles. The number of hydrogen-bond acceptors (Lipinski definition) is 3. The molecule has 4 N–H and O–H groups in total. The van der Waals surface area contributed by atoms with Crippen molar-refractivity contribution in [1.29, 1.82) is 0 Å². The van der Waals surface area contributed by atoms with Gasteiger partial charge in [0.2, 0.25) is 5.91 Å². The van der Waals surface area contributed by atoms with Crippen molar-refractivity contribution in [3.8, 4) is 0 Å². The quantitative estimate of drug-likeness (QED) is 0.578. The molecule has 1 unspecified atom stereocenters. The Morgan fingerprint density at radius 3 is 2.29 bits per heavy atom. The van der Waals surface area contributed by atoms with E-state index in [9.17, 15) is 9.90 Å². The van der Waals surface area contributed by atoms with E-state index in [0.717, 1.165) is 12.8 Å². The molecule has 0 saturated carbocycles. The van der Waals surface area contributed by atoms with Crippen LogP contribution in [0.1, 0.15) is 33.6 Å². The molecule has 0 saturated heterocycles. The van der Waals surface area contributed by atoms with Crippen molar-refractivity contribution in [3.63, 3.8) is 0 Å². The van der Waals surface area contributed by atoms with Gasteiger partial charge in [-0.15, -0.1) is 0 Å². The van der Waals surface area contributed by atoms with Gasteiger partial charge in [-0.3, -0.25) is 4.79 Å². The van der Waals surface area contributed by atoms with Crippen molar-refractivity contribution < 1.29 is 9.90 Å². The molecule has 0 aromatic carbocycles. The maximum absolute atomic E-state index is 11.6. The highest BCUT2D eigenvalue weighted by molar-refractivity contribution is 5.79. The first kappa shape index (κ1) is 13.4. The standard InChI is InChI=1S/C10H22N2O2/c1-4-10(5-2,7-13)12-9(14)8(3)6-11/h8,13H,4-7,11H2,1-3H3,(H,12,14). The molecule has 0 aliphatic heterocycles. The van der Waals surface area contributed by atoms with Gasteiger partial charge in [-0.1, -0.05) is 20.8 Å². The Labute approximate surface area is 85.9 Å². The Balaban J connectivity index is 4.37. The second-order valence-electron chi connectivity index (χ2n) is 3.77. The van der Waals surface area contributed by atoms with E-state index in [1.807, 2.05) is 13.8 Å². The third-order valence-electron chi connectivity index (χ3n) is 2.85. The number of nitrogens with one attached hydrogen (secondary N) is 1. The van der Waals surface area contributed by atoms with Crippen molar-refractivity contribution in [1.82, 2.24) is 5.32 Å². The molecule has 14 heavy (non-hydrogen) atoms. The van der Waals surface area contributed by atoms with Crippen molar-refractivity contribution in [2.75, 3.05) is 13.2 Å². The molecule has 0 bridgehead atoms. The number of rotatable bonds is 6. The van der Waals surface area contributed by atoms with E-state index in [1.165, 1.54) is 0 Å². The lowest BCUT2D eigenvalue weighted by atomic mass is 9.93. The number of hydrogen-bond donors (Lipinski definition) is 3. The molecule has 0 rings (SSSR count). The van der Waals surface area contributed by atoms with Crippen molar-refractivity contribution in [2.24, 2.45) is 11.7 Å². The number of nitrogens with two attached hydrogens (primary N) is 1. The zero-order valence-electron chi connectivity index (χ0n) is 9.34. The normalized spacial score (nSPS) is 13.8. The largest absolute Gasteiger partial charge is 0.394 e. The number of carbonyl (C=O) groups is 1. The lowest BCUT2D eigenvalue weighted by molar-refractivity contribution is -0.127. The smallest absolute Gasteiger partial charge is 0.224 e. The van der Waals surface area contributed by atoms with E-state index in [0.29, 0.717) is 6.54 Å². The molecule has 0 aliphatic carbocycles. The van der Waals surface area contributed by atoms with Gasteiger partial charge in [-0.05, 0) is 12.8 Å². The Morgan fingerprint density at radius 2 is 2.00 bits per heavy atom. The molecule has 0 aliphatic rings. The van der Waals surface area contributed by atoms with Gasteiger partial charge < -0.3 is 16.2 Å². The van der Waals surface area contributed by atoms with Crippen LogP contribution in [0, 0.1) is 5.92 Å². The van der Waals surface area contributed by atoms with E-state index in [2.05, 4.69) is 5.32 Å². The van der Waals surface area contributed by atoms with Crippen molar-refractivity contribution >= 4 is 5.91 Å². The maximum Gasteiger partial charge on any atom is 0.224 e. The predicted octanol–water partition coefficient (Wildman–Crippen LogP) is 0.249. The number of carbonyl (C=O) groups excluding carboxylic acids is 1. The van der Waals surface area contributed by atoms with Gasteiger partial charge in [0.1, 0.15) is 0 Å². The van der Waals surface area contributed by atoms with E-state index < -0.39 is 5.54 Å². The summed E-state index contributed by atoms with van der Waals surface area (Å²) in [5.41, 5.74) is 4.92. The van der Waals surface area contributed by atoms with Crippen LogP contribution >= 0.6 is 0 Å². The van der Waals surface area contributed by atoms with E-state index in [1.54, 1.807) is 6.92 Å². The first-order valence-corrected chi connectivity index (χ1v) is 5.18. The zero-order chi connectivity index (χ0) is 11.2. The van der Waals surface area contributed by atoms with Gasteiger partial charge in [-0.2, -0.15) is 0 Å². The SMILES string of the molecule is CCC(CC)(CO)NC(=O)C(C)CN. The van der Waals surface area contributed by atoms with Crippen LogP contribution in [0.5, 0.6) is 0 Å². The fourth-order valence-corrected chi connectivity index (χ4v) is 1.18. The molecule has 84 valence electrons. The molecule has 4 heteroatoms. The molecule has 1 amide bonds. The summed E-state index contributed by atoms with van der Waals surface area (Å²) in [5.74, 6) is -0.274. The highest BCUT2D eigenvalue weighted by atomic mass is 16.3. The molecule has 0 heterocycles. The topological polar surface area (TPSA) is 75.3 Å². The first-order valence-electron chi connectivity index (χ1n) is 5.18. The highest BCUT2D eigenvalue weighted by Gasteiger charge is 2.28. The summed E-state index contributed by atoms with van der Waals surface area (Å²) in [6.07, 6.45) is 1.45. The Kier molecular flexibility index (Phi) is 5.72. The van der Waals surface area contributed by atoms with Crippen LogP contribution in [0.3, 0.4) is 0 Å². The highest BCUT2D eigenvalue weighted by Crippen LogP contribution is 2.14. The molecular formula is C10H22N2O2. The Morgan fingerprint density at radius 1 is 1.50 bits per heavy atom. The summed E-state index contributed by atoms with van der Waals surface area (Å²) in [7, 11) is 0. The summed E-state index contributed by atoms with van der Waals surface area (Å²) in [5, 5.41) is 12.1. The monoisotopic (exact) mass is 202 g/mol. The fraction of sp³-hybridized carbons (Fsp3) is 0.900. The lowest BCUT2D eigenvalue weighted by Gasteiger charge is -2.31. The average molecular weight is 202 g/mol. The molecule has 1 atom stereocenters. The molecule has 0 spiro atoms. The van der Waals surface area contributed by atoms with Gasteiger partial charge in [0, 0.05) is 12.5 Å². The third kappa shape index (κ3) is 3.27. The predicted molar refractivity (Wildman–Crippen MR) is 56.8 cm³/mol. The molecule has 0 aromatic rings. The number of aliphatic hydroxyl groups is 1. The molecular weight excluding hydrogens is 180 g/mol. The van der Waals surface area contributed by atoms with Crippen LogP contribution in [0.25, 0.3) is 0 Å². The summed E-state index contributed by atoms with van der Waals surface area (Å²) < 4.78 is 0. The maximum atomic E-state index is 11.6. The minimum atomic E-state index is -0.472. The average Bonchev–Trinajstić information content (AvgIpc) is 2.24. The van der Waals surface area contributed by atoms with Crippen LogP contribution in [0.4, 0.5) is 0 Å². The summed E-state index contributed by atoms with van der Waals surface area (Å²) in [6.45, 7) is 5.99. The van der Waals surface area contributed by atoms with Crippen LogP contribution < -0.4 is 11.1 Å². The zero-order valence-corrected chi connectivity index (χ0v) is 9.34. The summed E-state index contributed by atoms with van der Waals surface area (Å²) >= 11 is 0. The van der Waals surface area contributed by atoms with Gasteiger partial charge in [0.05, 0.1) is 12.1 Å². The van der Waals surface area contributed by atoms with E-state index >= 15 is 0 Å². The Hall–Kier alpha value is -0.610. The van der Waals surface area contributed by atoms with E-state index in [-0.39, 0.29) is 18.4 Å². The first-order chi connectivity index (χ1) is 6.55. The second-order valence-corrected chi connectivity index (χ2v) is 3.77. The number of amides is 1.